The van der Waals surface area contributed by atoms with Crippen LogP contribution in [0.1, 0.15) is 18.5 Å². The number of nitrogens with zero attached hydrogens (tertiary/aromatic N) is 2. The molecule has 1 aromatic rings. The summed E-state index contributed by atoms with van der Waals surface area (Å²) in [5, 5.41) is 4.23. The Kier molecular flexibility index (Phi) is 2.72. The Morgan fingerprint density at radius 3 is 3.14 bits per heavy atom. The zero-order valence-electron chi connectivity index (χ0n) is 8.57. The maximum absolute atomic E-state index is 5.72. The molecule has 1 aliphatic rings. The quantitative estimate of drug-likeness (QED) is 0.788. The number of ether oxygens (including phenoxy) is 1. The van der Waals surface area contributed by atoms with Gasteiger partial charge in [0.1, 0.15) is 0 Å². The van der Waals surface area contributed by atoms with Gasteiger partial charge in [-0.25, -0.2) is 0 Å². The summed E-state index contributed by atoms with van der Waals surface area (Å²) >= 11 is 0. The van der Waals surface area contributed by atoms with E-state index in [1.165, 1.54) is 6.42 Å². The van der Waals surface area contributed by atoms with Crippen LogP contribution in [0.3, 0.4) is 0 Å². The normalized spacial score (nSPS) is 21.6. The van der Waals surface area contributed by atoms with Crippen molar-refractivity contribution in [1.29, 1.82) is 0 Å². The molecule has 0 saturated carbocycles. The minimum Gasteiger partial charge on any atom is -0.396 e. The standard InChI is InChI=1S/C10H17N3O/c1-8-10(11)6-12-13(8)4-2-9-3-5-14-7-9/h6,9H,2-5,7,11H2,1H3. The number of nitrogen functional groups attached to an aromatic ring is 1. The second-order valence-corrected chi connectivity index (χ2v) is 3.93. The largest absolute Gasteiger partial charge is 0.396 e. The van der Waals surface area contributed by atoms with Crippen LogP contribution >= 0.6 is 0 Å². The number of rotatable bonds is 3. The monoisotopic (exact) mass is 195 g/mol. The summed E-state index contributed by atoms with van der Waals surface area (Å²) in [7, 11) is 0. The fraction of sp³-hybridized carbons (Fsp3) is 0.700. The van der Waals surface area contributed by atoms with Crippen LogP contribution in [-0.2, 0) is 11.3 Å². The molecule has 2 heterocycles. The van der Waals surface area contributed by atoms with Crippen molar-refractivity contribution >= 4 is 5.69 Å². The second-order valence-electron chi connectivity index (χ2n) is 3.93. The van der Waals surface area contributed by atoms with Gasteiger partial charge in [0.05, 0.1) is 17.6 Å². The van der Waals surface area contributed by atoms with Crippen molar-refractivity contribution in [3.8, 4) is 0 Å². The van der Waals surface area contributed by atoms with Crippen molar-refractivity contribution in [2.75, 3.05) is 18.9 Å². The Labute approximate surface area is 84.0 Å². The minimum absolute atomic E-state index is 0.708. The van der Waals surface area contributed by atoms with Gasteiger partial charge in [0.25, 0.3) is 0 Å². The molecular formula is C10H17N3O. The van der Waals surface area contributed by atoms with Crippen LogP contribution in [0.5, 0.6) is 0 Å². The molecule has 0 aliphatic carbocycles. The summed E-state index contributed by atoms with van der Waals surface area (Å²) in [5.74, 6) is 0.708. The first-order valence-electron chi connectivity index (χ1n) is 5.13. The second kappa shape index (κ2) is 4.00. The van der Waals surface area contributed by atoms with Gasteiger partial charge in [-0.15, -0.1) is 0 Å². The lowest BCUT2D eigenvalue weighted by Gasteiger charge is -2.08. The number of nitrogens with two attached hydrogens (primary N) is 1. The Bertz CT molecular complexity index is 302. The Hall–Kier alpha value is -1.03. The maximum Gasteiger partial charge on any atom is 0.0730 e. The molecule has 0 spiro atoms. The van der Waals surface area contributed by atoms with E-state index in [1.54, 1.807) is 6.20 Å². The number of hydrogen-bond donors (Lipinski definition) is 1. The van der Waals surface area contributed by atoms with E-state index in [0.717, 1.165) is 37.6 Å². The van der Waals surface area contributed by atoms with Gasteiger partial charge in [-0.3, -0.25) is 4.68 Å². The highest BCUT2D eigenvalue weighted by atomic mass is 16.5. The van der Waals surface area contributed by atoms with E-state index in [0.29, 0.717) is 5.92 Å². The summed E-state index contributed by atoms with van der Waals surface area (Å²) in [6.07, 6.45) is 4.05. The number of aromatic nitrogens is 2. The van der Waals surface area contributed by atoms with Crippen molar-refractivity contribution in [2.45, 2.75) is 26.3 Å². The molecule has 14 heavy (non-hydrogen) atoms. The van der Waals surface area contributed by atoms with Gasteiger partial charge < -0.3 is 10.5 Å². The summed E-state index contributed by atoms with van der Waals surface area (Å²) in [5.41, 5.74) is 7.57. The van der Waals surface area contributed by atoms with Gasteiger partial charge in [0.2, 0.25) is 0 Å². The van der Waals surface area contributed by atoms with Gasteiger partial charge in [0, 0.05) is 19.8 Å². The molecule has 2 rings (SSSR count). The van der Waals surface area contributed by atoms with E-state index in [1.807, 2.05) is 11.6 Å². The lowest BCUT2D eigenvalue weighted by Crippen LogP contribution is -2.08. The van der Waals surface area contributed by atoms with Gasteiger partial charge >= 0.3 is 0 Å². The number of aryl methyl sites for hydroxylation is 1. The smallest absolute Gasteiger partial charge is 0.0730 e. The molecule has 1 saturated heterocycles. The van der Waals surface area contributed by atoms with E-state index in [4.69, 9.17) is 10.5 Å². The van der Waals surface area contributed by atoms with E-state index in [2.05, 4.69) is 5.10 Å². The van der Waals surface area contributed by atoms with Crippen LogP contribution in [0.15, 0.2) is 6.20 Å². The van der Waals surface area contributed by atoms with Gasteiger partial charge in [-0.2, -0.15) is 5.10 Å². The summed E-state index contributed by atoms with van der Waals surface area (Å²) in [4.78, 5) is 0. The number of hydrogen-bond acceptors (Lipinski definition) is 3. The summed E-state index contributed by atoms with van der Waals surface area (Å²) in [6.45, 7) is 4.80. The first kappa shape index (κ1) is 9.52. The maximum atomic E-state index is 5.72. The molecule has 1 aliphatic heterocycles. The van der Waals surface area contributed by atoms with Crippen LogP contribution in [-0.4, -0.2) is 23.0 Å². The molecule has 4 heteroatoms. The average Bonchev–Trinajstić information content (AvgIpc) is 2.77. The molecule has 0 bridgehead atoms. The first-order valence-corrected chi connectivity index (χ1v) is 5.13. The molecular weight excluding hydrogens is 178 g/mol. The highest BCUT2D eigenvalue weighted by Gasteiger charge is 2.15. The minimum atomic E-state index is 0.708. The van der Waals surface area contributed by atoms with Gasteiger partial charge in [-0.1, -0.05) is 0 Å². The van der Waals surface area contributed by atoms with E-state index >= 15 is 0 Å². The summed E-state index contributed by atoms with van der Waals surface area (Å²) < 4.78 is 7.31. The predicted octanol–water partition coefficient (Wildman–Crippen LogP) is 1.20. The third kappa shape index (κ3) is 1.90. The Balaban J connectivity index is 1.88. The zero-order valence-corrected chi connectivity index (χ0v) is 8.57. The lowest BCUT2D eigenvalue weighted by molar-refractivity contribution is 0.183. The van der Waals surface area contributed by atoms with Crippen molar-refractivity contribution in [3.05, 3.63) is 11.9 Å². The summed E-state index contributed by atoms with van der Waals surface area (Å²) in [6, 6.07) is 0. The highest BCUT2D eigenvalue weighted by molar-refractivity contribution is 5.39. The van der Waals surface area contributed by atoms with Gasteiger partial charge in [-0.05, 0) is 25.7 Å². The fourth-order valence-electron chi connectivity index (χ4n) is 1.80. The van der Waals surface area contributed by atoms with E-state index < -0.39 is 0 Å². The Morgan fingerprint density at radius 2 is 2.57 bits per heavy atom. The third-order valence-corrected chi connectivity index (χ3v) is 2.91. The van der Waals surface area contributed by atoms with E-state index in [-0.39, 0.29) is 0 Å². The average molecular weight is 195 g/mol. The van der Waals surface area contributed by atoms with Crippen molar-refractivity contribution < 1.29 is 4.74 Å². The molecule has 0 radical (unpaired) electrons. The molecule has 1 atom stereocenters. The lowest BCUT2D eigenvalue weighted by atomic mass is 10.1. The molecule has 1 aromatic heterocycles. The fourth-order valence-corrected chi connectivity index (χ4v) is 1.80. The molecule has 0 aromatic carbocycles. The van der Waals surface area contributed by atoms with Crippen LogP contribution in [0.25, 0.3) is 0 Å². The van der Waals surface area contributed by atoms with Crippen LogP contribution in [0.4, 0.5) is 5.69 Å². The van der Waals surface area contributed by atoms with Crippen LogP contribution in [0.2, 0.25) is 0 Å². The van der Waals surface area contributed by atoms with Crippen molar-refractivity contribution in [1.82, 2.24) is 9.78 Å². The molecule has 0 amide bonds. The molecule has 4 nitrogen and oxygen atoms in total. The van der Waals surface area contributed by atoms with Gasteiger partial charge in [0.15, 0.2) is 0 Å². The molecule has 2 N–H and O–H groups in total. The predicted molar refractivity (Wildman–Crippen MR) is 54.9 cm³/mol. The van der Waals surface area contributed by atoms with Crippen LogP contribution in [0, 0.1) is 12.8 Å². The van der Waals surface area contributed by atoms with Crippen molar-refractivity contribution in [3.63, 3.8) is 0 Å². The first-order chi connectivity index (χ1) is 6.77. The zero-order chi connectivity index (χ0) is 9.97. The van der Waals surface area contributed by atoms with Crippen LogP contribution < -0.4 is 5.73 Å². The topological polar surface area (TPSA) is 53.1 Å². The Morgan fingerprint density at radius 1 is 1.71 bits per heavy atom. The highest BCUT2D eigenvalue weighted by Crippen LogP contribution is 2.18. The molecule has 78 valence electrons. The molecule has 1 fully saturated rings. The van der Waals surface area contributed by atoms with E-state index in [9.17, 15) is 0 Å². The molecule has 1 unspecified atom stereocenters. The van der Waals surface area contributed by atoms with Crippen molar-refractivity contribution in [2.24, 2.45) is 5.92 Å². The third-order valence-electron chi connectivity index (χ3n) is 2.91. The number of anilines is 1. The SMILES string of the molecule is Cc1c(N)cnn1CCC1CCOC1.